The number of aryl methyl sites for hydroxylation is 1. The largest absolute Gasteiger partial charge is 0.497 e. The van der Waals surface area contributed by atoms with Crippen molar-refractivity contribution in [1.29, 1.82) is 0 Å². The molecule has 2 rings (SSSR count). The Labute approximate surface area is 94.2 Å². The predicted octanol–water partition coefficient (Wildman–Crippen LogP) is 2.31. The van der Waals surface area contributed by atoms with Crippen molar-refractivity contribution in [3.63, 3.8) is 0 Å². The SMILES string of the molecule is COc1ccc(OCc2cnc(C)[nH]2)cc1. The van der Waals surface area contributed by atoms with E-state index >= 15 is 0 Å². The second kappa shape index (κ2) is 4.70. The summed E-state index contributed by atoms with van der Waals surface area (Å²) in [4.78, 5) is 7.21. The van der Waals surface area contributed by atoms with Crippen LogP contribution in [0.4, 0.5) is 0 Å². The standard InChI is InChI=1S/C12H14N2O2/c1-9-13-7-10(14-9)8-16-12-5-3-11(15-2)4-6-12/h3-7H,8H2,1-2H3,(H,13,14). The maximum atomic E-state index is 5.58. The molecule has 1 N–H and O–H groups in total. The van der Waals surface area contributed by atoms with Crippen LogP contribution in [0.25, 0.3) is 0 Å². The van der Waals surface area contributed by atoms with Gasteiger partial charge < -0.3 is 14.5 Å². The molecule has 0 aliphatic heterocycles. The van der Waals surface area contributed by atoms with Gasteiger partial charge in [-0.2, -0.15) is 0 Å². The molecule has 1 aromatic heterocycles. The number of imidazole rings is 1. The van der Waals surface area contributed by atoms with Gasteiger partial charge in [-0.05, 0) is 31.2 Å². The lowest BCUT2D eigenvalue weighted by atomic mass is 10.3. The van der Waals surface area contributed by atoms with Crippen LogP contribution in [0.3, 0.4) is 0 Å². The molecule has 0 fully saturated rings. The molecule has 4 heteroatoms. The summed E-state index contributed by atoms with van der Waals surface area (Å²) in [6.07, 6.45) is 1.78. The molecule has 0 amide bonds. The smallest absolute Gasteiger partial charge is 0.130 e. The van der Waals surface area contributed by atoms with Gasteiger partial charge in [0.1, 0.15) is 23.9 Å². The van der Waals surface area contributed by atoms with Crippen LogP contribution < -0.4 is 9.47 Å². The Morgan fingerprint density at radius 3 is 2.44 bits per heavy atom. The van der Waals surface area contributed by atoms with Gasteiger partial charge in [0.05, 0.1) is 19.0 Å². The summed E-state index contributed by atoms with van der Waals surface area (Å²) in [7, 11) is 1.64. The minimum absolute atomic E-state index is 0.493. The molecule has 84 valence electrons. The summed E-state index contributed by atoms with van der Waals surface area (Å²) in [5, 5.41) is 0. The van der Waals surface area contributed by atoms with Gasteiger partial charge in [-0.1, -0.05) is 0 Å². The highest BCUT2D eigenvalue weighted by atomic mass is 16.5. The van der Waals surface area contributed by atoms with E-state index in [2.05, 4.69) is 9.97 Å². The topological polar surface area (TPSA) is 47.1 Å². The third-order valence-corrected chi connectivity index (χ3v) is 2.21. The van der Waals surface area contributed by atoms with Crippen molar-refractivity contribution >= 4 is 0 Å². The number of nitrogens with one attached hydrogen (secondary N) is 1. The number of methoxy groups -OCH3 is 1. The first-order chi connectivity index (χ1) is 7.78. The normalized spacial score (nSPS) is 10.1. The van der Waals surface area contributed by atoms with Crippen LogP contribution in [0.5, 0.6) is 11.5 Å². The van der Waals surface area contributed by atoms with Crippen LogP contribution in [0.15, 0.2) is 30.5 Å². The molecule has 0 atom stereocenters. The fourth-order valence-electron chi connectivity index (χ4n) is 1.38. The zero-order valence-electron chi connectivity index (χ0n) is 9.36. The first-order valence-electron chi connectivity index (χ1n) is 5.05. The number of aromatic nitrogens is 2. The van der Waals surface area contributed by atoms with E-state index in [4.69, 9.17) is 9.47 Å². The molecule has 0 unspecified atom stereocenters. The number of rotatable bonds is 4. The maximum absolute atomic E-state index is 5.58. The molecule has 1 heterocycles. The van der Waals surface area contributed by atoms with Crippen molar-refractivity contribution in [1.82, 2.24) is 9.97 Å². The molecule has 0 saturated heterocycles. The van der Waals surface area contributed by atoms with Crippen LogP contribution in [0.1, 0.15) is 11.5 Å². The third kappa shape index (κ3) is 2.53. The summed E-state index contributed by atoms with van der Waals surface area (Å²) in [5.41, 5.74) is 0.966. The van der Waals surface area contributed by atoms with E-state index in [1.165, 1.54) is 0 Å². The molecule has 0 aliphatic carbocycles. The number of hydrogen-bond acceptors (Lipinski definition) is 3. The molecule has 2 aromatic rings. The third-order valence-electron chi connectivity index (χ3n) is 2.21. The van der Waals surface area contributed by atoms with Crippen molar-refractivity contribution in [2.24, 2.45) is 0 Å². The molecular formula is C12H14N2O2. The second-order valence-electron chi connectivity index (χ2n) is 3.46. The first-order valence-corrected chi connectivity index (χ1v) is 5.05. The van der Waals surface area contributed by atoms with Crippen molar-refractivity contribution < 1.29 is 9.47 Å². The first kappa shape index (κ1) is 10.5. The number of hydrogen-bond donors (Lipinski definition) is 1. The van der Waals surface area contributed by atoms with Crippen LogP contribution >= 0.6 is 0 Å². The molecule has 0 aliphatic rings. The van der Waals surface area contributed by atoms with E-state index in [1.807, 2.05) is 31.2 Å². The molecule has 0 saturated carbocycles. The highest BCUT2D eigenvalue weighted by Crippen LogP contribution is 2.17. The highest BCUT2D eigenvalue weighted by molar-refractivity contribution is 5.31. The number of ether oxygens (including phenoxy) is 2. The minimum Gasteiger partial charge on any atom is -0.497 e. The van der Waals surface area contributed by atoms with Gasteiger partial charge >= 0.3 is 0 Å². The van der Waals surface area contributed by atoms with E-state index in [9.17, 15) is 0 Å². The summed E-state index contributed by atoms with van der Waals surface area (Å²) in [5.74, 6) is 2.53. The fourth-order valence-corrected chi connectivity index (χ4v) is 1.38. The van der Waals surface area contributed by atoms with Crippen LogP contribution in [-0.2, 0) is 6.61 Å². The average Bonchev–Trinajstić information content (AvgIpc) is 2.73. The molecular weight excluding hydrogens is 204 g/mol. The van der Waals surface area contributed by atoms with Gasteiger partial charge in [0, 0.05) is 0 Å². The van der Waals surface area contributed by atoms with Crippen molar-refractivity contribution in [3.8, 4) is 11.5 Å². The fraction of sp³-hybridized carbons (Fsp3) is 0.250. The molecule has 0 bridgehead atoms. The van der Waals surface area contributed by atoms with E-state index in [0.29, 0.717) is 6.61 Å². The van der Waals surface area contributed by atoms with Crippen LogP contribution in [0.2, 0.25) is 0 Å². The Balaban J connectivity index is 1.94. The Morgan fingerprint density at radius 2 is 1.88 bits per heavy atom. The van der Waals surface area contributed by atoms with Gasteiger partial charge in [-0.15, -0.1) is 0 Å². The highest BCUT2D eigenvalue weighted by Gasteiger charge is 1.99. The number of aromatic amines is 1. The average molecular weight is 218 g/mol. The summed E-state index contributed by atoms with van der Waals surface area (Å²) in [6, 6.07) is 7.49. The lowest BCUT2D eigenvalue weighted by molar-refractivity contribution is 0.301. The van der Waals surface area contributed by atoms with Gasteiger partial charge in [-0.25, -0.2) is 4.98 Å². The van der Waals surface area contributed by atoms with Crippen molar-refractivity contribution in [2.45, 2.75) is 13.5 Å². The Bertz CT molecular complexity index is 448. The monoisotopic (exact) mass is 218 g/mol. The number of nitrogens with zero attached hydrogens (tertiary/aromatic N) is 1. The lowest BCUT2D eigenvalue weighted by Gasteiger charge is -2.05. The van der Waals surface area contributed by atoms with Gasteiger partial charge in [0.15, 0.2) is 0 Å². The Kier molecular flexibility index (Phi) is 3.10. The molecule has 0 spiro atoms. The molecule has 0 radical (unpaired) electrons. The molecule has 16 heavy (non-hydrogen) atoms. The van der Waals surface area contributed by atoms with Crippen LogP contribution in [-0.4, -0.2) is 17.1 Å². The van der Waals surface area contributed by atoms with E-state index in [1.54, 1.807) is 13.3 Å². The lowest BCUT2D eigenvalue weighted by Crippen LogP contribution is -1.95. The Morgan fingerprint density at radius 1 is 1.19 bits per heavy atom. The second-order valence-corrected chi connectivity index (χ2v) is 3.46. The number of H-pyrrole nitrogens is 1. The van der Waals surface area contributed by atoms with Gasteiger partial charge in [0.2, 0.25) is 0 Å². The zero-order valence-corrected chi connectivity index (χ0v) is 9.36. The quantitative estimate of drug-likeness (QED) is 0.856. The Hall–Kier alpha value is -1.97. The van der Waals surface area contributed by atoms with Crippen LogP contribution in [0, 0.1) is 6.92 Å². The maximum Gasteiger partial charge on any atom is 0.130 e. The van der Waals surface area contributed by atoms with Gasteiger partial charge in [-0.3, -0.25) is 0 Å². The summed E-state index contributed by atoms with van der Waals surface area (Å²) >= 11 is 0. The number of benzene rings is 1. The van der Waals surface area contributed by atoms with Crippen molar-refractivity contribution in [3.05, 3.63) is 42.0 Å². The van der Waals surface area contributed by atoms with E-state index in [-0.39, 0.29) is 0 Å². The predicted molar refractivity (Wildman–Crippen MR) is 60.7 cm³/mol. The zero-order chi connectivity index (χ0) is 11.4. The summed E-state index contributed by atoms with van der Waals surface area (Å²) < 4.78 is 10.6. The van der Waals surface area contributed by atoms with Gasteiger partial charge in [0.25, 0.3) is 0 Å². The van der Waals surface area contributed by atoms with E-state index in [0.717, 1.165) is 23.0 Å². The van der Waals surface area contributed by atoms with E-state index < -0.39 is 0 Å². The minimum atomic E-state index is 0.493. The van der Waals surface area contributed by atoms with Crippen molar-refractivity contribution in [2.75, 3.05) is 7.11 Å². The summed E-state index contributed by atoms with van der Waals surface area (Å²) in [6.45, 7) is 2.41. The molecule has 1 aromatic carbocycles. The molecule has 4 nitrogen and oxygen atoms in total.